The Kier molecular flexibility index (Phi) is 6.36. The van der Waals surface area contributed by atoms with E-state index >= 15 is 0 Å². The maximum atomic E-state index is 12.4. The van der Waals surface area contributed by atoms with Crippen LogP contribution in [0.15, 0.2) is 47.5 Å². The normalized spacial score (nSPS) is 12.2. The van der Waals surface area contributed by atoms with Crippen LogP contribution in [0.25, 0.3) is 0 Å². The van der Waals surface area contributed by atoms with Crippen molar-refractivity contribution in [2.45, 2.75) is 32.9 Å². The fourth-order valence-electron chi connectivity index (χ4n) is 2.63. The first-order valence-electron chi connectivity index (χ1n) is 8.36. The van der Waals surface area contributed by atoms with Crippen LogP contribution in [-0.4, -0.2) is 40.2 Å². The number of pyridine rings is 1. The minimum Gasteiger partial charge on any atom is -0.477 e. The van der Waals surface area contributed by atoms with Crippen LogP contribution in [0.1, 0.15) is 30.6 Å². The quantitative estimate of drug-likeness (QED) is 0.797. The van der Waals surface area contributed by atoms with Crippen molar-refractivity contribution < 1.29 is 14.6 Å². The smallest absolute Gasteiger partial charge is 0.341 e. The molecule has 1 aromatic heterocycles. The molecule has 2 aromatic rings. The molecule has 25 heavy (non-hydrogen) atoms. The van der Waals surface area contributed by atoms with Gasteiger partial charge in [0.2, 0.25) is 5.43 Å². The second-order valence-electron chi connectivity index (χ2n) is 5.92. The molecule has 0 saturated carbocycles. The molecule has 2 rings (SSSR count). The van der Waals surface area contributed by atoms with Crippen molar-refractivity contribution in [1.29, 1.82) is 0 Å². The summed E-state index contributed by atoms with van der Waals surface area (Å²) in [5.41, 5.74) is -0.910. The highest BCUT2D eigenvalue weighted by Gasteiger charge is 2.18. The fraction of sp³-hybridized carbons (Fsp3) is 0.368. The van der Waals surface area contributed by atoms with E-state index in [-0.39, 0.29) is 17.4 Å². The number of hydrogen-bond acceptors (Lipinski definition) is 4. The van der Waals surface area contributed by atoms with E-state index in [2.05, 4.69) is 18.7 Å². The molecular formula is C19H24N2O4. The Morgan fingerprint density at radius 2 is 1.92 bits per heavy atom. The molecular weight excluding hydrogens is 320 g/mol. The predicted molar refractivity (Wildman–Crippen MR) is 96.6 cm³/mol. The number of benzene rings is 1. The molecule has 6 nitrogen and oxygen atoms in total. The van der Waals surface area contributed by atoms with Crippen LogP contribution in [0.2, 0.25) is 0 Å². The number of carbonyl (C=O) groups is 1. The summed E-state index contributed by atoms with van der Waals surface area (Å²) in [6.45, 7) is 5.62. The van der Waals surface area contributed by atoms with Crippen LogP contribution >= 0.6 is 0 Å². The highest BCUT2D eigenvalue weighted by molar-refractivity contribution is 5.87. The molecule has 0 aliphatic rings. The number of aromatic nitrogens is 1. The lowest BCUT2D eigenvalue weighted by Crippen LogP contribution is -2.35. The van der Waals surface area contributed by atoms with Crippen molar-refractivity contribution in [3.63, 3.8) is 0 Å². The number of para-hydroxylation sites is 1. The van der Waals surface area contributed by atoms with E-state index in [1.807, 2.05) is 13.1 Å². The lowest BCUT2D eigenvalue weighted by molar-refractivity contribution is 0.0693. The first-order chi connectivity index (χ1) is 12.0. The third-order valence-electron chi connectivity index (χ3n) is 4.26. The summed E-state index contributed by atoms with van der Waals surface area (Å²) >= 11 is 0. The van der Waals surface area contributed by atoms with Crippen molar-refractivity contribution in [2.75, 3.05) is 13.6 Å². The third kappa shape index (κ3) is 4.70. The van der Waals surface area contributed by atoms with Gasteiger partial charge in [0, 0.05) is 18.8 Å². The Morgan fingerprint density at radius 3 is 2.48 bits per heavy atom. The Hall–Kier alpha value is -2.60. The van der Waals surface area contributed by atoms with Gasteiger partial charge in [0.25, 0.3) is 0 Å². The maximum absolute atomic E-state index is 12.4. The van der Waals surface area contributed by atoms with E-state index < -0.39 is 11.4 Å². The molecule has 1 aromatic carbocycles. The number of nitrogens with zero attached hydrogens (tertiary/aromatic N) is 2. The Morgan fingerprint density at radius 1 is 1.24 bits per heavy atom. The molecule has 134 valence electrons. The van der Waals surface area contributed by atoms with Gasteiger partial charge in [0.05, 0.1) is 6.20 Å². The summed E-state index contributed by atoms with van der Waals surface area (Å²) < 4.78 is 7.36. The van der Waals surface area contributed by atoms with E-state index in [0.717, 1.165) is 13.0 Å². The van der Waals surface area contributed by atoms with Gasteiger partial charge in [0.1, 0.15) is 11.3 Å². The van der Waals surface area contributed by atoms with Crippen LogP contribution in [-0.2, 0) is 6.54 Å². The lowest BCUT2D eigenvalue weighted by atomic mass is 10.2. The minimum atomic E-state index is -1.26. The third-order valence-corrected chi connectivity index (χ3v) is 4.26. The summed E-state index contributed by atoms with van der Waals surface area (Å²) in [4.78, 5) is 26.0. The maximum Gasteiger partial charge on any atom is 0.341 e. The number of likely N-dealkylation sites (N-methyl/N-ethyl adjacent to an activating group) is 1. The Balaban J connectivity index is 2.40. The summed E-state index contributed by atoms with van der Waals surface area (Å²) in [7, 11) is 2.02. The number of rotatable bonds is 8. The minimum absolute atomic E-state index is 0.0140. The zero-order chi connectivity index (χ0) is 18.4. The molecule has 0 saturated heterocycles. The summed E-state index contributed by atoms with van der Waals surface area (Å²) in [5, 5.41) is 9.35. The highest BCUT2D eigenvalue weighted by atomic mass is 16.5. The van der Waals surface area contributed by atoms with E-state index in [1.165, 1.54) is 6.20 Å². The molecule has 0 bridgehead atoms. The number of carboxylic acids is 1. The lowest BCUT2D eigenvalue weighted by Gasteiger charge is -2.27. The average Bonchev–Trinajstić information content (AvgIpc) is 2.62. The van der Waals surface area contributed by atoms with Crippen molar-refractivity contribution >= 4 is 5.97 Å². The van der Waals surface area contributed by atoms with E-state index in [9.17, 15) is 14.7 Å². The van der Waals surface area contributed by atoms with Gasteiger partial charge >= 0.3 is 5.97 Å². The summed E-state index contributed by atoms with van der Waals surface area (Å²) in [5.74, 6) is -0.749. The van der Waals surface area contributed by atoms with Gasteiger partial charge in [-0.3, -0.25) is 4.79 Å². The molecule has 0 spiro atoms. The van der Waals surface area contributed by atoms with Gasteiger partial charge < -0.3 is 19.3 Å². The molecule has 0 fully saturated rings. The van der Waals surface area contributed by atoms with Gasteiger partial charge in [-0.1, -0.05) is 32.0 Å². The monoisotopic (exact) mass is 344 g/mol. The fourth-order valence-corrected chi connectivity index (χ4v) is 2.63. The molecule has 1 atom stereocenters. The zero-order valence-corrected chi connectivity index (χ0v) is 14.8. The van der Waals surface area contributed by atoms with E-state index in [4.69, 9.17) is 4.74 Å². The largest absolute Gasteiger partial charge is 0.477 e. The van der Waals surface area contributed by atoms with Gasteiger partial charge in [0.15, 0.2) is 5.75 Å². The zero-order valence-electron chi connectivity index (χ0n) is 14.8. The second kappa shape index (κ2) is 8.48. The first-order valence-corrected chi connectivity index (χ1v) is 8.36. The molecule has 0 radical (unpaired) electrons. The number of carboxylic acid groups (broad SMARTS) is 1. The van der Waals surface area contributed by atoms with Crippen molar-refractivity contribution in [1.82, 2.24) is 9.47 Å². The second-order valence-corrected chi connectivity index (χ2v) is 5.92. The van der Waals surface area contributed by atoms with Gasteiger partial charge in [-0.15, -0.1) is 0 Å². The van der Waals surface area contributed by atoms with Gasteiger partial charge in [-0.05, 0) is 32.1 Å². The Labute approximate surface area is 147 Å². The Bertz CT molecular complexity index is 771. The van der Waals surface area contributed by atoms with Gasteiger partial charge in [-0.2, -0.15) is 0 Å². The molecule has 6 heteroatoms. The standard InChI is InChI=1S/C19H24N2O4/c1-4-14(20(3)5-2)11-21-12-16(19(23)24)18(22)17(13-21)25-15-9-7-6-8-10-15/h6-10,12-14H,4-5,11H2,1-3H3,(H,23,24). The SMILES string of the molecule is CCC(Cn1cc(Oc2ccccc2)c(=O)c(C(=O)O)c1)N(C)CC. The molecule has 1 heterocycles. The topological polar surface area (TPSA) is 71.8 Å². The van der Waals surface area contributed by atoms with Crippen LogP contribution in [0.4, 0.5) is 0 Å². The van der Waals surface area contributed by atoms with E-state index in [0.29, 0.717) is 12.3 Å². The van der Waals surface area contributed by atoms with Crippen molar-refractivity contribution in [3.8, 4) is 11.5 Å². The first kappa shape index (κ1) is 18.7. The number of hydrogen-bond donors (Lipinski definition) is 1. The van der Waals surface area contributed by atoms with Crippen molar-refractivity contribution in [2.24, 2.45) is 0 Å². The van der Waals surface area contributed by atoms with Gasteiger partial charge in [-0.25, -0.2) is 4.79 Å². The molecule has 0 aliphatic heterocycles. The highest BCUT2D eigenvalue weighted by Crippen LogP contribution is 2.18. The molecule has 1 N–H and O–H groups in total. The predicted octanol–water partition coefficient (Wildman–Crippen LogP) is 3.07. The molecule has 1 unspecified atom stereocenters. The van der Waals surface area contributed by atoms with E-state index in [1.54, 1.807) is 35.0 Å². The van der Waals surface area contributed by atoms with Crippen LogP contribution in [0, 0.1) is 0 Å². The van der Waals surface area contributed by atoms with Crippen LogP contribution in [0.5, 0.6) is 11.5 Å². The van der Waals surface area contributed by atoms with Crippen LogP contribution in [0.3, 0.4) is 0 Å². The molecule has 0 aliphatic carbocycles. The average molecular weight is 344 g/mol. The van der Waals surface area contributed by atoms with Crippen LogP contribution < -0.4 is 10.2 Å². The summed E-state index contributed by atoms with van der Waals surface area (Å²) in [6.07, 6.45) is 3.87. The molecule has 0 amide bonds. The van der Waals surface area contributed by atoms with Crippen molar-refractivity contribution in [3.05, 3.63) is 58.5 Å². The number of aromatic carboxylic acids is 1. The number of ether oxygens (including phenoxy) is 1. The summed E-state index contributed by atoms with van der Waals surface area (Å²) in [6, 6.07) is 9.09.